The molecule has 2 amide bonds. The van der Waals surface area contributed by atoms with Crippen LogP contribution in [0.4, 0.5) is 0 Å². The topological polar surface area (TPSA) is 62.3 Å². The lowest BCUT2D eigenvalue weighted by atomic mass is 10.2. The maximum absolute atomic E-state index is 12.1. The van der Waals surface area contributed by atoms with Gasteiger partial charge < -0.3 is 10.2 Å². The predicted molar refractivity (Wildman–Crippen MR) is 74.1 cm³/mol. The van der Waals surface area contributed by atoms with E-state index in [-0.39, 0.29) is 11.8 Å². The average Bonchev–Trinajstić information content (AvgIpc) is 2.46. The van der Waals surface area contributed by atoms with Crippen LogP contribution in [0.1, 0.15) is 48.0 Å². The van der Waals surface area contributed by atoms with Crippen molar-refractivity contribution >= 4 is 11.8 Å². The van der Waals surface area contributed by atoms with E-state index in [4.69, 9.17) is 0 Å². The van der Waals surface area contributed by atoms with Crippen LogP contribution in [0, 0.1) is 0 Å². The fraction of sp³-hybridized carbons (Fsp3) is 0.500. The number of aromatic nitrogens is 1. The highest BCUT2D eigenvalue weighted by atomic mass is 16.2. The molecule has 0 fully saturated rings. The third-order valence-corrected chi connectivity index (χ3v) is 2.83. The van der Waals surface area contributed by atoms with E-state index in [0.29, 0.717) is 30.9 Å². The minimum absolute atomic E-state index is 0.143. The first kappa shape index (κ1) is 15.1. The molecule has 0 aliphatic rings. The van der Waals surface area contributed by atoms with Gasteiger partial charge in [0.25, 0.3) is 11.8 Å². The molecule has 1 rings (SSSR count). The molecular weight excluding hydrogens is 242 g/mol. The zero-order chi connectivity index (χ0) is 14.3. The second kappa shape index (κ2) is 7.51. The van der Waals surface area contributed by atoms with Gasteiger partial charge in [0, 0.05) is 31.4 Å². The van der Waals surface area contributed by atoms with Crippen molar-refractivity contribution in [2.45, 2.75) is 27.2 Å². The van der Waals surface area contributed by atoms with Crippen molar-refractivity contribution in [1.29, 1.82) is 0 Å². The SMILES string of the molecule is CCCNC(=O)c1ccnc(C(=O)N(CC)CC)c1. The molecule has 0 aliphatic carbocycles. The molecule has 0 saturated heterocycles. The van der Waals surface area contributed by atoms with Crippen LogP contribution in [0.15, 0.2) is 18.3 Å². The van der Waals surface area contributed by atoms with Gasteiger partial charge in [0.15, 0.2) is 0 Å². The summed E-state index contributed by atoms with van der Waals surface area (Å²) < 4.78 is 0. The Labute approximate surface area is 114 Å². The number of hydrogen-bond acceptors (Lipinski definition) is 3. The number of nitrogens with zero attached hydrogens (tertiary/aromatic N) is 2. The lowest BCUT2D eigenvalue weighted by molar-refractivity contribution is 0.0767. The first-order valence-electron chi connectivity index (χ1n) is 6.67. The molecular formula is C14H21N3O2. The molecule has 0 aliphatic heterocycles. The van der Waals surface area contributed by atoms with E-state index < -0.39 is 0 Å². The monoisotopic (exact) mass is 263 g/mol. The molecule has 1 N–H and O–H groups in total. The standard InChI is InChI=1S/C14H21N3O2/c1-4-8-16-13(18)11-7-9-15-12(10-11)14(19)17(5-2)6-3/h7,9-10H,4-6,8H2,1-3H3,(H,16,18). The molecule has 0 saturated carbocycles. The third-order valence-electron chi connectivity index (χ3n) is 2.83. The Morgan fingerprint density at radius 2 is 1.95 bits per heavy atom. The summed E-state index contributed by atoms with van der Waals surface area (Å²) in [5.74, 6) is -0.312. The van der Waals surface area contributed by atoms with Crippen LogP contribution in [0.25, 0.3) is 0 Å². The maximum atomic E-state index is 12.1. The molecule has 0 bridgehead atoms. The van der Waals surface area contributed by atoms with Crippen LogP contribution < -0.4 is 5.32 Å². The van der Waals surface area contributed by atoms with Gasteiger partial charge in [-0.1, -0.05) is 6.92 Å². The van der Waals surface area contributed by atoms with Crippen LogP contribution in [-0.2, 0) is 0 Å². The highest BCUT2D eigenvalue weighted by Gasteiger charge is 2.15. The molecule has 0 aromatic carbocycles. The van der Waals surface area contributed by atoms with E-state index in [0.717, 1.165) is 6.42 Å². The number of pyridine rings is 1. The lowest BCUT2D eigenvalue weighted by Gasteiger charge is -2.18. The number of carbonyl (C=O) groups is 2. The lowest BCUT2D eigenvalue weighted by Crippen LogP contribution is -2.31. The van der Waals surface area contributed by atoms with E-state index in [1.54, 1.807) is 17.0 Å². The minimum atomic E-state index is -0.169. The molecule has 5 heteroatoms. The van der Waals surface area contributed by atoms with Gasteiger partial charge in [-0.05, 0) is 32.4 Å². The number of hydrogen-bond donors (Lipinski definition) is 1. The van der Waals surface area contributed by atoms with Gasteiger partial charge in [0.05, 0.1) is 0 Å². The summed E-state index contributed by atoms with van der Waals surface area (Å²) in [5.41, 5.74) is 0.784. The highest BCUT2D eigenvalue weighted by Crippen LogP contribution is 2.06. The van der Waals surface area contributed by atoms with Crippen LogP contribution in [0.5, 0.6) is 0 Å². The summed E-state index contributed by atoms with van der Waals surface area (Å²) in [6.45, 7) is 7.70. The van der Waals surface area contributed by atoms with Gasteiger partial charge in [-0.15, -0.1) is 0 Å². The third kappa shape index (κ3) is 4.05. The van der Waals surface area contributed by atoms with Crippen LogP contribution in [0.3, 0.4) is 0 Å². The smallest absolute Gasteiger partial charge is 0.272 e. The van der Waals surface area contributed by atoms with Crippen LogP contribution in [0.2, 0.25) is 0 Å². The molecule has 104 valence electrons. The van der Waals surface area contributed by atoms with Crippen molar-refractivity contribution in [2.24, 2.45) is 0 Å². The Morgan fingerprint density at radius 3 is 2.53 bits per heavy atom. The van der Waals surface area contributed by atoms with Crippen molar-refractivity contribution in [2.75, 3.05) is 19.6 Å². The zero-order valence-electron chi connectivity index (χ0n) is 11.8. The van der Waals surface area contributed by atoms with Gasteiger partial charge in [0.1, 0.15) is 5.69 Å². The molecule has 0 spiro atoms. The van der Waals surface area contributed by atoms with Crippen molar-refractivity contribution in [3.63, 3.8) is 0 Å². The van der Waals surface area contributed by atoms with Gasteiger partial charge in [0.2, 0.25) is 0 Å². The Kier molecular flexibility index (Phi) is 5.99. The summed E-state index contributed by atoms with van der Waals surface area (Å²) in [6, 6.07) is 3.16. The molecule has 0 radical (unpaired) electrons. The van der Waals surface area contributed by atoms with Crippen LogP contribution >= 0.6 is 0 Å². The molecule has 19 heavy (non-hydrogen) atoms. The predicted octanol–water partition coefficient (Wildman–Crippen LogP) is 1.70. The number of amides is 2. The van der Waals surface area contributed by atoms with Gasteiger partial charge in [-0.2, -0.15) is 0 Å². The second-order valence-corrected chi connectivity index (χ2v) is 4.16. The Morgan fingerprint density at radius 1 is 1.26 bits per heavy atom. The largest absolute Gasteiger partial charge is 0.352 e. The van der Waals surface area contributed by atoms with Crippen molar-refractivity contribution in [1.82, 2.24) is 15.2 Å². The zero-order valence-corrected chi connectivity index (χ0v) is 11.8. The van der Waals surface area contributed by atoms with Crippen LogP contribution in [-0.4, -0.2) is 41.3 Å². The Bertz CT molecular complexity index is 442. The number of nitrogens with one attached hydrogen (secondary N) is 1. The summed E-state index contributed by atoms with van der Waals surface area (Å²) in [6.07, 6.45) is 2.37. The highest BCUT2D eigenvalue weighted by molar-refractivity contribution is 5.98. The molecule has 1 aromatic heterocycles. The van der Waals surface area contributed by atoms with E-state index in [1.807, 2.05) is 20.8 Å². The normalized spacial score (nSPS) is 10.1. The molecule has 5 nitrogen and oxygen atoms in total. The fourth-order valence-corrected chi connectivity index (χ4v) is 1.70. The summed E-state index contributed by atoms with van der Waals surface area (Å²) in [7, 11) is 0. The Balaban J connectivity index is 2.87. The average molecular weight is 263 g/mol. The molecule has 0 unspecified atom stereocenters. The minimum Gasteiger partial charge on any atom is -0.352 e. The van der Waals surface area contributed by atoms with Gasteiger partial charge in [-0.3, -0.25) is 14.6 Å². The second-order valence-electron chi connectivity index (χ2n) is 4.16. The molecule has 1 heterocycles. The maximum Gasteiger partial charge on any atom is 0.272 e. The number of rotatable bonds is 6. The summed E-state index contributed by atoms with van der Waals surface area (Å²) in [4.78, 5) is 29.7. The molecule has 1 aromatic rings. The molecule has 0 atom stereocenters. The Hall–Kier alpha value is -1.91. The number of carbonyl (C=O) groups excluding carboxylic acids is 2. The van der Waals surface area contributed by atoms with E-state index in [2.05, 4.69) is 10.3 Å². The quantitative estimate of drug-likeness (QED) is 0.849. The summed E-state index contributed by atoms with van der Waals surface area (Å²) in [5, 5.41) is 2.78. The summed E-state index contributed by atoms with van der Waals surface area (Å²) >= 11 is 0. The van der Waals surface area contributed by atoms with Crippen molar-refractivity contribution in [3.05, 3.63) is 29.6 Å². The van der Waals surface area contributed by atoms with E-state index in [1.165, 1.54) is 6.20 Å². The van der Waals surface area contributed by atoms with E-state index >= 15 is 0 Å². The van der Waals surface area contributed by atoms with Crippen molar-refractivity contribution < 1.29 is 9.59 Å². The first-order valence-corrected chi connectivity index (χ1v) is 6.67. The first-order chi connectivity index (χ1) is 9.13. The van der Waals surface area contributed by atoms with E-state index in [9.17, 15) is 9.59 Å². The van der Waals surface area contributed by atoms with Gasteiger partial charge in [-0.25, -0.2) is 0 Å². The fourth-order valence-electron chi connectivity index (χ4n) is 1.70. The van der Waals surface area contributed by atoms with Gasteiger partial charge >= 0.3 is 0 Å². The van der Waals surface area contributed by atoms with Crippen molar-refractivity contribution in [3.8, 4) is 0 Å².